The van der Waals surface area contributed by atoms with Crippen molar-refractivity contribution in [3.05, 3.63) is 43.7 Å². The van der Waals surface area contributed by atoms with Crippen LogP contribution in [0.3, 0.4) is 0 Å². The molecule has 0 aliphatic carbocycles. The largest absolute Gasteiger partial charge is 0.265 e. The molecule has 12 heteroatoms. The molecule has 3 rings (SSSR count). The fraction of sp³-hybridized carbons (Fsp3) is 0. The van der Waals surface area contributed by atoms with Crippen LogP contribution in [0.1, 0.15) is 0 Å². The highest BCUT2D eigenvalue weighted by atomic mass is 35.5. The summed E-state index contributed by atoms with van der Waals surface area (Å²) in [5, 5.41) is 10.6. The number of rotatable bonds is 4. The molecule has 1 N–H and O–H groups in total. The van der Waals surface area contributed by atoms with Gasteiger partial charge in [-0.3, -0.25) is 4.72 Å². The van der Waals surface area contributed by atoms with Crippen LogP contribution in [-0.4, -0.2) is 18.6 Å². The van der Waals surface area contributed by atoms with E-state index in [1.165, 1.54) is 23.5 Å². The third-order valence-electron chi connectivity index (χ3n) is 2.75. The van der Waals surface area contributed by atoms with Crippen molar-refractivity contribution in [2.75, 3.05) is 4.72 Å². The van der Waals surface area contributed by atoms with Gasteiger partial charge in [-0.05, 0) is 23.6 Å². The number of benzene rings is 1. The Bertz CT molecular complexity index is 1020. The Morgan fingerprint density at radius 1 is 0.958 bits per heavy atom. The van der Waals surface area contributed by atoms with Crippen molar-refractivity contribution in [1.82, 2.24) is 10.2 Å². The second-order valence-corrected chi connectivity index (χ2v) is 9.40. The van der Waals surface area contributed by atoms with Crippen molar-refractivity contribution in [1.29, 1.82) is 0 Å². The van der Waals surface area contributed by atoms with Gasteiger partial charge in [0.15, 0.2) is 5.01 Å². The average molecular weight is 461 g/mol. The fourth-order valence-electron chi connectivity index (χ4n) is 1.69. The third kappa shape index (κ3) is 3.50. The third-order valence-corrected chi connectivity index (χ3v) is 8.00. The molecule has 0 aliphatic rings. The van der Waals surface area contributed by atoms with Gasteiger partial charge in [0.1, 0.15) is 4.90 Å². The molecular formula is C12H5Cl4N3O2S3. The Labute approximate surface area is 165 Å². The van der Waals surface area contributed by atoms with Crippen LogP contribution in [0.15, 0.2) is 28.5 Å². The number of halogens is 4. The number of hydrogen-bond donors (Lipinski definition) is 1. The summed E-state index contributed by atoms with van der Waals surface area (Å²) in [6.07, 6.45) is 0. The summed E-state index contributed by atoms with van der Waals surface area (Å²) in [7, 11) is -4.00. The SMILES string of the molecule is O=S(=O)(Nc1nnc(-c2sccc2Cl)s1)c1ccc(Cl)c(Cl)c1Cl. The Morgan fingerprint density at radius 3 is 2.38 bits per heavy atom. The summed E-state index contributed by atoms with van der Waals surface area (Å²) >= 11 is 26.1. The first-order valence-electron chi connectivity index (χ1n) is 6.03. The zero-order valence-electron chi connectivity index (χ0n) is 11.3. The lowest BCUT2D eigenvalue weighted by molar-refractivity contribution is 0.601. The lowest BCUT2D eigenvalue weighted by Crippen LogP contribution is -2.13. The second-order valence-electron chi connectivity index (χ2n) is 4.29. The van der Waals surface area contributed by atoms with E-state index in [9.17, 15) is 8.42 Å². The van der Waals surface area contributed by atoms with E-state index >= 15 is 0 Å². The summed E-state index contributed by atoms with van der Waals surface area (Å²) in [6.45, 7) is 0. The van der Waals surface area contributed by atoms with E-state index in [-0.39, 0.29) is 25.1 Å². The summed E-state index contributed by atoms with van der Waals surface area (Å²) in [5.41, 5.74) is 0. The summed E-state index contributed by atoms with van der Waals surface area (Å²) in [6, 6.07) is 4.33. The predicted octanol–water partition coefficient (Wildman–Crippen LogP) is 5.68. The van der Waals surface area contributed by atoms with E-state index in [1.54, 1.807) is 11.4 Å². The van der Waals surface area contributed by atoms with Crippen molar-refractivity contribution >= 4 is 84.2 Å². The van der Waals surface area contributed by atoms with Gasteiger partial charge in [0.2, 0.25) is 5.13 Å². The quantitative estimate of drug-likeness (QED) is 0.508. The van der Waals surface area contributed by atoms with Crippen molar-refractivity contribution in [2.24, 2.45) is 0 Å². The minimum atomic E-state index is -4.00. The molecule has 0 amide bonds. The highest BCUT2D eigenvalue weighted by molar-refractivity contribution is 7.93. The molecule has 0 aliphatic heterocycles. The maximum atomic E-state index is 12.5. The lowest BCUT2D eigenvalue weighted by Gasteiger charge is -2.08. The van der Waals surface area contributed by atoms with Gasteiger partial charge in [-0.15, -0.1) is 21.5 Å². The molecule has 5 nitrogen and oxygen atoms in total. The highest BCUT2D eigenvalue weighted by Gasteiger charge is 2.23. The minimum absolute atomic E-state index is 0.0375. The normalized spacial score (nSPS) is 11.7. The summed E-state index contributed by atoms with van der Waals surface area (Å²) < 4.78 is 27.2. The molecule has 0 fully saturated rings. The van der Waals surface area contributed by atoms with Crippen LogP contribution < -0.4 is 4.72 Å². The molecule has 0 saturated carbocycles. The molecule has 0 radical (unpaired) electrons. The first-order valence-corrected chi connectivity index (χ1v) is 10.7. The van der Waals surface area contributed by atoms with Crippen molar-refractivity contribution in [3.63, 3.8) is 0 Å². The van der Waals surface area contributed by atoms with Crippen molar-refractivity contribution in [3.8, 4) is 9.88 Å². The maximum absolute atomic E-state index is 12.5. The summed E-state index contributed by atoms with van der Waals surface area (Å²) in [4.78, 5) is 0.511. The molecule has 126 valence electrons. The molecule has 2 heterocycles. The van der Waals surface area contributed by atoms with Gasteiger partial charge in [-0.1, -0.05) is 57.7 Å². The van der Waals surface area contributed by atoms with Crippen LogP contribution >= 0.6 is 69.1 Å². The number of hydrogen-bond acceptors (Lipinski definition) is 6. The predicted molar refractivity (Wildman–Crippen MR) is 101 cm³/mol. The number of sulfonamides is 1. The van der Waals surface area contributed by atoms with Gasteiger partial charge in [0.05, 0.1) is 25.0 Å². The van der Waals surface area contributed by atoms with Crippen molar-refractivity contribution < 1.29 is 8.42 Å². The average Bonchev–Trinajstić information content (AvgIpc) is 3.12. The molecule has 0 bridgehead atoms. The second kappa shape index (κ2) is 6.95. The molecule has 0 atom stereocenters. The highest BCUT2D eigenvalue weighted by Crippen LogP contribution is 2.38. The van der Waals surface area contributed by atoms with E-state index in [2.05, 4.69) is 14.9 Å². The van der Waals surface area contributed by atoms with E-state index in [0.717, 1.165) is 11.3 Å². The fourth-order valence-corrected chi connectivity index (χ4v) is 5.94. The van der Waals surface area contributed by atoms with Gasteiger partial charge in [0, 0.05) is 0 Å². The zero-order chi connectivity index (χ0) is 17.5. The number of nitrogens with zero attached hydrogens (tertiary/aromatic N) is 2. The maximum Gasteiger partial charge on any atom is 0.265 e. The van der Waals surface area contributed by atoms with Gasteiger partial charge >= 0.3 is 0 Å². The van der Waals surface area contributed by atoms with Crippen LogP contribution in [0.4, 0.5) is 5.13 Å². The van der Waals surface area contributed by atoms with E-state index < -0.39 is 10.0 Å². The van der Waals surface area contributed by atoms with Crippen LogP contribution in [-0.2, 0) is 10.0 Å². The number of aromatic nitrogens is 2. The Hall–Kier alpha value is -0.610. The van der Waals surface area contributed by atoms with Crippen LogP contribution in [0, 0.1) is 0 Å². The van der Waals surface area contributed by atoms with E-state index in [1.807, 2.05) is 0 Å². The summed E-state index contributed by atoms with van der Waals surface area (Å²) in [5.74, 6) is 0. The van der Waals surface area contributed by atoms with Gasteiger partial charge in [-0.2, -0.15) is 0 Å². The Balaban J connectivity index is 1.92. The Morgan fingerprint density at radius 2 is 1.71 bits per heavy atom. The van der Waals surface area contributed by atoms with E-state index in [0.29, 0.717) is 14.9 Å². The smallest absolute Gasteiger partial charge is 0.253 e. The molecule has 0 unspecified atom stereocenters. The number of nitrogens with one attached hydrogen (secondary N) is 1. The van der Waals surface area contributed by atoms with Crippen molar-refractivity contribution in [2.45, 2.75) is 4.90 Å². The minimum Gasteiger partial charge on any atom is -0.253 e. The van der Waals surface area contributed by atoms with Gasteiger partial charge < -0.3 is 0 Å². The van der Waals surface area contributed by atoms with Crippen LogP contribution in [0.5, 0.6) is 0 Å². The number of thiophene rings is 1. The lowest BCUT2D eigenvalue weighted by atomic mass is 10.4. The molecule has 1 aromatic carbocycles. The standard InChI is InChI=1S/C12H5Cl4N3O2S3/c13-5-1-2-7(9(16)8(5)15)24(20,21)19-12-18-17-11(23-12)10-6(14)3-4-22-10/h1-4H,(H,18,19). The van der Waals surface area contributed by atoms with Crippen LogP contribution in [0.2, 0.25) is 20.1 Å². The van der Waals surface area contributed by atoms with E-state index in [4.69, 9.17) is 46.4 Å². The molecule has 2 aromatic heterocycles. The van der Waals surface area contributed by atoms with Crippen LogP contribution in [0.25, 0.3) is 9.88 Å². The number of anilines is 1. The Kier molecular flexibility index (Phi) is 5.27. The molecule has 0 saturated heterocycles. The zero-order valence-corrected chi connectivity index (χ0v) is 16.7. The first kappa shape index (κ1) is 18.2. The molecule has 24 heavy (non-hydrogen) atoms. The molecule has 3 aromatic rings. The topological polar surface area (TPSA) is 72.0 Å². The first-order chi connectivity index (χ1) is 11.3. The molecular weight excluding hydrogens is 456 g/mol. The monoisotopic (exact) mass is 459 g/mol. The van der Waals surface area contributed by atoms with Gasteiger partial charge in [0.25, 0.3) is 10.0 Å². The van der Waals surface area contributed by atoms with Gasteiger partial charge in [-0.25, -0.2) is 8.42 Å². The molecule has 0 spiro atoms.